The van der Waals surface area contributed by atoms with E-state index >= 15 is 0 Å². The summed E-state index contributed by atoms with van der Waals surface area (Å²) in [5.41, 5.74) is 1.58. The zero-order valence-corrected chi connectivity index (χ0v) is 13.3. The van der Waals surface area contributed by atoms with Crippen LogP contribution in [0.15, 0.2) is 11.6 Å². The molecule has 4 rings (SSSR count). The Balaban J connectivity index is 1.69. The molecular formula is C19H27FO. The first kappa shape index (κ1) is 14.0. The second-order valence-electron chi connectivity index (χ2n) is 8.52. The fourth-order valence-electron chi connectivity index (χ4n) is 6.39. The third-order valence-corrected chi connectivity index (χ3v) is 7.75. The zero-order valence-electron chi connectivity index (χ0n) is 13.3. The number of rotatable bonds is 0. The van der Waals surface area contributed by atoms with Crippen molar-refractivity contribution >= 4 is 5.78 Å². The molecule has 0 aromatic heterocycles. The van der Waals surface area contributed by atoms with Crippen molar-refractivity contribution in [2.24, 2.45) is 28.6 Å². The fourth-order valence-corrected chi connectivity index (χ4v) is 6.39. The van der Waals surface area contributed by atoms with Gasteiger partial charge in [0.05, 0.1) is 0 Å². The van der Waals surface area contributed by atoms with Crippen LogP contribution in [0, 0.1) is 28.6 Å². The summed E-state index contributed by atoms with van der Waals surface area (Å²) in [5.74, 6) is 2.45. The van der Waals surface area contributed by atoms with Gasteiger partial charge in [0.15, 0.2) is 0 Å². The van der Waals surface area contributed by atoms with E-state index in [1.165, 1.54) is 12.0 Å². The number of carbonyl (C=O) groups is 1. The Hall–Kier alpha value is -0.660. The lowest BCUT2D eigenvalue weighted by Crippen LogP contribution is -2.50. The summed E-state index contributed by atoms with van der Waals surface area (Å²) in [7, 11) is 0. The molecule has 0 radical (unpaired) electrons. The van der Waals surface area contributed by atoms with Gasteiger partial charge in [0.1, 0.15) is 12.0 Å². The predicted octanol–water partition coefficient (Wildman–Crippen LogP) is 4.86. The maximum absolute atomic E-state index is 13.8. The molecule has 0 aliphatic heterocycles. The smallest absolute Gasteiger partial charge is 0.139 e. The number of hydrogen-bond donors (Lipinski definition) is 0. The first-order valence-electron chi connectivity index (χ1n) is 8.82. The number of allylic oxidation sites excluding steroid dienone is 2. The Morgan fingerprint density at radius 3 is 2.62 bits per heavy atom. The maximum Gasteiger partial charge on any atom is 0.139 e. The Morgan fingerprint density at radius 2 is 1.81 bits per heavy atom. The summed E-state index contributed by atoms with van der Waals surface area (Å²) in [6, 6.07) is 0. The van der Waals surface area contributed by atoms with Crippen molar-refractivity contribution in [2.75, 3.05) is 0 Å². The van der Waals surface area contributed by atoms with Gasteiger partial charge in [-0.2, -0.15) is 0 Å². The first-order chi connectivity index (χ1) is 9.95. The lowest BCUT2D eigenvalue weighted by atomic mass is 9.48. The molecule has 1 nitrogen and oxygen atoms in total. The SMILES string of the molecule is C[C@]12CC[C@@H](F)CC1=CC[C@H]1[C@H]2CC[C@]2(C)C(=O)CC[C@H]12. The van der Waals surface area contributed by atoms with Crippen LogP contribution in [-0.2, 0) is 4.79 Å². The zero-order chi connectivity index (χ0) is 14.8. The summed E-state index contributed by atoms with van der Waals surface area (Å²) >= 11 is 0. The minimum Gasteiger partial charge on any atom is -0.299 e. The molecule has 0 heterocycles. The quantitative estimate of drug-likeness (QED) is 0.582. The molecule has 0 spiro atoms. The van der Waals surface area contributed by atoms with Gasteiger partial charge in [0.25, 0.3) is 0 Å². The summed E-state index contributed by atoms with van der Waals surface area (Å²) < 4.78 is 13.8. The van der Waals surface area contributed by atoms with Crippen LogP contribution >= 0.6 is 0 Å². The number of ketones is 1. The maximum atomic E-state index is 13.8. The lowest BCUT2D eigenvalue weighted by molar-refractivity contribution is -0.131. The van der Waals surface area contributed by atoms with Crippen LogP contribution in [0.5, 0.6) is 0 Å². The van der Waals surface area contributed by atoms with Gasteiger partial charge in [-0.1, -0.05) is 25.5 Å². The summed E-state index contributed by atoms with van der Waals surface area (Å²) in [6.07, 6.45) is 9.39. The number of halogens is 1. The number of carbonyl (C=O) groups excluding carboxylic acids is 1. The monoisotopic (exact) mass is 290 g/mol. The lowest BCUT2D eigenvalue weighted by Gasteiger charge is -2.56. The third kappa shape index (κ3) is 1.77. The van der Waals surface area contributed by atoms with Gasteiger partial charge in [-0.25, -0.2) is 4.39 Å². The van der Waals surface area contributed by atoms with E-state index in [0.717, 1.165) is 38.5 Å². The normalized spacial score (nSPS) is 52.7. The van der Waals surface area contributed by atoms with Crippen molar-refractivity contribution in [1.82, 2.24) is 0 Å². The van der Waals surface area contributed by atoms with Gasteiger partial charge in [0.2, 0.25) is 0 Å². The number of Topliss-reactive ketones (excluding diaryl/α,β-unsaturated/α-hetero) is 1. The van der Waals surface area contributed by atoms with Gasteiger partial charge >= 0.3 is 0 Å². The molecule has 4 aliphatic rings. The van der Waals surface area contributed by atoms with Crippen LogP contribution in [0.25, 0.3) is 0 Å². The average molecular weight is 290 g/mol. The van der Waals surface area contributed by atoms with Crippen molar-refractivity contribution < 1.29 is 9.18 Å². The largest absolute Gasteiger partial charge is 0.299 e. The topological polar surface area (TPSA) is 17.1 Å². The standard InChI is InChI=1S/C19H27FO/c1-18-9-7-13(20)11-12(18)3-4-14-15-5-6-17(21)19(15,2)10-8-16(14)18/h3,13-16H,4-11H2,1-2H3/t13-,14-,15-,16-,18+,19+/m1/s1. The van der Waals surface area contributed by atoms with E-state index in [9.17, 15) is 9.18 Å². The van der Waals surface area contributed by atoms with Crippen molar-refractivity contribution in [3.8, 4) is 0 Å². The Morgan fingerprint density at radius 1 is 1.10 bits per heavy atom. The molecule has 2 heteroatoms. The van der Waals surface area contributed by atoms with Crippen LogP contribution in [0.2, 0.25) is 0 Å². The Labute approximate surface area is 127 Å². The average Bonchev–Trinajstić information content (AvgIpc) is 2.76. The van der Waals surface area contributed by atoms with E-state index in [0.29, 0.717) is 30.0 Å². The van der Waals surface area contributed by atoms with Crippen LogP contribution < -0.4 is 0 Å². The predicted molar refractivity (Wildman–Crippen MR) is 81.6 cm³/mol. The molecule has 21 heavy (non-hydrogen) atoms. The Bertz CT molecular complexity index is 510. The highest BCUT2D eigenvalue weighted by molar-refractivity contribution is 5.87. The molecule has 0 bridgehead atoms. The molecule has 0 aromatic rings. The molecule has 3 fully saturated rings. The molecule has 6 atom stereocenters. The van der Waals surface area contributed by atoms with Gasteiger partial charge in [-0.15, -0.1) is 0 Å². The van der Waals surface area contributed by atoms with Crippen LogP contribution in [0.4, 0.5) is 4.39 Å². The summed E-state index contributed by atoms with van der Waals surface area (Å²) in [5, 5.41) is 0. The van der Waals surface area contributed by atoms with Gasteiger partial charge in [0, 0.05) is 18.3 Å². The van der Waals surface area contributed by atoms with E-state index in [-0.39, 0.29) is 10.8 Å². The van der Waals surface area contributed by atoms with E-state index in [4.69, 9.17) is 0 Å². The highest BCUT2D eigenvalue weighted by Crippen LogP contribution is 2.64. The molecule has 3 saturated carbocycles. The van der Waals surface area contributed by atoms with Crippen molar-refractivity contribution in [3.63, 3.8) is 0 Å². The third-order valence-electron chi connectivity index (χ3n) is 7.75. The second-order valence-corrected chi connectivity index (χ2v) is 8.52. The molecule has 0 aromatic carbocycles. The van der Waals surface area contributed by atoms with Gasteiger partial charge < -0.3 is 0 Å². The van der Waals surface area contributed by atoms with Crippen molar-refractivity contribution in [1.29, 1.82) is 0 Å². The molecule has 116 valence electrons. The van der Waals surface area contributed by atoms with Crippen LogP contribution in [-0.4, -0.2) is 12.0 Å². The number of hydrogen-bond acceptors (Lipinski definition) is 1. The van der Waals surface area contributed by atoms with E-state index < -0.39 is 6.17 Å². The van der Waals surface area contributed by atoms with Crippen molar-refractivity contribution in [3.05, 3.63) is 11.6 Å². The number of alkyl halides is 1. The molecule has 0 unspecified atom stereocenters. The molecule has 0 amide bonds. The summed E-state index contributed by atoms with van der Waals surface area (Å²) in [4.78, 5) is 12.3. The number of fused-ring (bicyclic) bond motifs is 5. The van der Waals surface area contributed by atoms with E-state index in [1.807, 2.05) is 0 Å². The minimum atomic E-state index is -0.622. The van der Waals surface area contributed by atoms with Crippen molar-refractivity contribution in [2.45, 2.75) is 71.4 Å². The van der Waals surface area contributed by atoms with Gasteiger partial charge in [-0.3, -0.25) is 4.79 Å². The van der Waals surface area contributed by atoms with E-state index in [2.05, 4.69) is 19.9 Å². The molecule has 0 saturated heterocycles. The van der Waals surface area contributed by atoms with Crippen LogP contribution in [0.3, 0.4) is 0 Å². The highest BCUT2D eigenvalue weighted by atomic mass is 19.1. The summed E-state index contributed by atoms with van der Waals surface area (Å²) in [6.45, 7) is 4.62. The second kappa shape index (κ2) is 4.43. The highest BCUT2D eigenvalue weighted by Gasteiger charge is 2.58. The minimum absolute atomic E-state index is 0.0415. The van der Waals surface area contributed by atoms with Crippen LogP contribution in [0.1, 0.15) is 65.2 Å². The fraction of sp³-hybridized carbons (Fsp3) is 0.842. The molecular weight excluding hydrogens is 263 g/mol. The van der Waals surface area contributed by atoms with Gasteiger partial charge in [-0.05, 0) is 61.7 Å². The first-order valence-corrected chi connectivity index (χ1v) is 8.82. The Kier molecular flexibility index (Phi) is 2.94. The molecule has 4 aliphatic carbocycles. The van der Waals surface area contributed by atoms with E-state index in [1.54, 1.807) is 0 Å². The molecule has 0 N–H and O–H groups in total.